The lowest BCUT2D eigenvalue weighted by molar-refractivity contribution is -0.115. The van der Waals surface area contributed by atoms with Gasteiger partial charge in [-0.3, -0.25) is 14.9 Å². The number of carbonyl (C=O) groups is 2. The molecule has 0 aliphatic carbocycles. The van der Waals surface area contributed by atoms with Crippen molar-refractivity contribution in [3.05, 3.63) is 51.1 Å². The Morgan fingerprint density at radius 2 is 2.08 bits per heavy atom. The molecule has 0 bridgehead atoms. The van der Waals surface area contributed by atoms with Gasteiger partial charge >= 0.3 is 0 Å². The number of imide groups is 1. The van der Waals surface area contributed by atoms with Gasteiger partial charge in [0.1, 0.15) is 0 Å². The smallest absolute Gasteiger partial charge is 0.290 e. The average molecular weight is 361 g/mol. The summed E-state index contributed by atoms with van der Waals surface area (Å²) in [7, 11) is 1.58. The van der Waals surface area contributed by atoms with E-state index in [1.54, 1.807) is 36.7 Å². The first-order valence-corrected chi connectivity index (χ1v) is 8.93. The molecule has 7 heteroatoms. The van der Waals surface area contributed by atoms with Crippen molar-refractivity contribution in [3.8, 4) is 11.5 Å². The Hall–Kier alpha value is -2.25. The molecule has 1 saturated heterocycles. The van der Waals surface area contributed by atoms with Crippen LogP contribution in [-0.2, 0) is 11.2 Å². The minimum Gasteiger partial charge on any atom is -0.493 e. The molecule has 2 amide bonds. The lowest BCUT2D eigenvalue weighted by Crippen LogP contribution is -2.17. The zero-order valence-corrected chi connectivity index (χ0v) is 14.5. The summed E-state index contributed by atoms with van der Waals surface area (Å²) in [5.74, 6) is 0.863. The first-order chi connectivity index (χ1) is 11.7. The Labute approximate surface area is 147 Å². The molecule has 2 heterocycles. The van der Waals surface area contributed by atoms with Gasteiger partial charge in [0.05, 0.1) is 18.6 Å². The summed E-state index contributed by atoms with van der Waals surface area (Å²) >= 11 is 2.58. The first-order valence-electron chi connectivity index (χ1n) is 7.24. The van der Waals surface area contributed by atoms with E-state index in [-0.39, 0.29) is 11.1 Å². The van der Waals surface area contributed by atoms with E-state index in [0.717, 1.165) is 23.7 Å². The van der Waals surface area contributed by atoms with Crippen molar-refractivity contribution in [2.45, 2.75) is 6.42 Å². The van der Waals surface area contributed by atoms with Crippen LogP contribution in [0.1, 0.15) is 10.4 Å². The molecular weight excluding hydrogens is 346 g/mol. The third-order valence-corrected chi connectivity index (χ3v) is 5.06. The van der Waals surface area contributed by atoms with E-state index < -0.39 is 0 Å². The van der Waals surface area contributed by atoms with E-state index in [2.05, 4.69) is 11.4 Å². The van der Waals surface area contributed by atoms with E-state index in [1.165, 1.54) is 4.88 Å². The molecule has 0 radical (unpaired) electrons. The van der Waals surface area contributed by atoms with Crippen molar-refractivity contribution in [2.75, 3.05) is 13.7 Å². The molecule has 0 unspecified atom stereocenters. The van der Waals surface area contributed by atoms with Gasteiger partial charge in [-0.1, -0.05) is 12.1 Å². The minimum atomic E-state index is -0.374. The molecule has 1 aromatic heterocycles. The highest BCUT2D eigenvalue weighted by Crippen LogP contribution is 2.31. The van der Waals surface area contributed by atoms with Crippen LogP contribution in [0.3, 0.4) is 0 Å². The second-order valence-corrected chi connectivity index (χ2v) is 6.99. The number of rotatable bonds is 6. The number of nitrogens with one attached hydrogen (secondary N) is 1. The monoisotopic (exact) mass is 361 g/mol. The van der Waals surface area contributed by atoms with Gasteiger partial charge in [0.25, 0.3) is 11.1 Å². The Balaban J connectivity index is 1.74. The molecule has 1 N–H and O–H groups in total. The predicted molar refractivity (Wildman–Crippen MR) is 95.6 cm³/mol. The van der Waals surface area contributed by atoms with Crippen molar-refractivity contribution >= 4 is 40.3 Å². The van der Waals surface area contributed by atoms with Crippen LogP contribution in [0.2, 0.25) is 0 Å². The maximum absolute atomic E-state index is 11.6. The summed E-state index contributed by atoms with van der Waals surface area (Å²) < 4.78 is 11.1. The van der Waals surface area contributed by atoms with Crippen molar-refractivity contribution in [1.82, 2.24) is 5.32 Å². The third-order valence-electron chi connectivity index (χ3n) is 3.31. The van der Waals surface area contributed by atoms with Gasteiger partial charge in [-0.2, -0.15) is 0 Å². The maximum Gasteiger partial charge on any atom is 0.290 e. The quantitative estimate of drug-likeness (QED) is 0.795. The molecule has 1 aromatic carbocycles. The number of hydrogen-bond acceptors (Lipinski definition) is 6. The van der Waals surface area contributed by atoms with Gasteiger partial charge < -0.3 is 9.47 Å². The summed E-state index contributed by atoms with van der Waals surface area (Å²) in [5, 5.41) is 3.92. The third kappa shape index (κ3) is 3.98. The number of methoxy groups -OCH3 is 1. The van der Waals surface area contributed by atoms with Crippen molar-refractivity contribution in [1.29, 1.82) is 0 Å². The number of thioether (sulfide) groups is 1. The first kappa shape index (κ1) is 16.6. The standard InChI is InChI=1S/C17H15NO4S2/c1-21-13-5-4-11(10-15-16(19)18-17(20)24-15)9-14(13)22-7-6-12-3-2-8-23-12/h2-5,8-10H,6-7H2,1H3,(H,18,19,20)/b15-10-. The van der Waals surface area contributed by atoms with E-state index in [1.807, 2.05) is 17.5 Å². The molecule has 1 aliphatic rings. The van der Waals surface area contributed by atoms with Crippen LogP contribution in [0, 0.1) is 0 Å². The number of hydrogen-bond donors (Lipinski definition) is 1. The maximum atomic E-state index is 11.6. The van der Waals surface area contributed by atoms with E-state index in [0.29, 0.717) is 23.0 Å². The van der Waals surface area contributed by atoms with Crippen LogP contribution in [0.5, 0.6) is 11.5 Å². The molecule has 24 heavy (non-hydrogen) atoms. The lowest BCUT2D eigenvalue weighted by Gasteiger charge is -2.11. The summed E-state index contributed by atoms with van der Waals surface area (Å²) in [6.45, 7) is 0.532. The molecule has 1 fully saturated rings. The molecular formula is C17H15NO4S2. The number of amides is 2. The van der Waals surface area contributed by atoms with Gasteiger partial charge in [0.2, 0.25) is 0 Å². The number of thiophene rings is 1. The van der Waals surface area contributed by atoms with Gasteiger partial charge in [-0.05, 0) is 47.0 Å². The zero-order valence-electron chi connectivity index (χ0n) is 12.9. The zero-order chi connectivity index (χ0) is 16.9. The van der Waals surface area contributed by atoms with Gasteiger partial charge in [0.15, 0.2) is 11.5 Å². The number of carbonyl (C=O) groups excluding carboxylic acids is 2. The number of ether oxygens (including phenoxy) is 2. The SMILES string of the molecule is COc1ccc(/C=C2\SC(=O)NC2=O)cc1OCCc1cccs1. The van der Waals surface area contributed by atoms with E-state index in [9.17, 15) is 9.59 Å². The topological polar surface area (TPSA) is 64.6 Å². The second kappa shape index (κ2) is 7.55. The van der Waals surface area contributed by atoms with Gasteiger partial charge in [0, 0.05) is 11.3 Å². The predicted octanol–water partition coefficient (Wildman–Crippen LogP) is 3.70. The van der Waals surface area contributed by atoms with Crippen LogP contribution in [-0.4, -0.2) is 24.9 Å². The normalized spacial score (nSPS) is 15.6. The molecule has 0 spiro atoms. The molecule has 2 aromatic rings. The summed E-state index contributed by atoms with van der Waals surface area (Å²) in [5.41, 5.74) is 0.772. The van der Waals surface area contributed by atoms with Crippen LogP contribution >= 0.6 is 23.1 Å². The minimum absolute atomic E-state index is 0.354. The molecule has 5 nitrogen and oxygen atoms in total. The van der Waals surface area contributed by atoms with E-state index in [4.69, 9.17) is 9.47 Å². The van der Waals surface area contributed by atoms with Gasteiger partial charge in [-0.25, -0.2) is 0 Å². The average Bonchev–Trinajstić information content (AvgIpc) is 3.18. The molecule has 0 atom stereocenters. The van der Waals surface area contributed by atoms with Crippen molar-refractivity contribution in [3.63, 3.8) is 0 Å². The van der Waals surface area contributed by atoms with Crippen molar-refractivity contribution < 1.29 is 19.1 Å². The summed E-state index contributed by atoms with van der Waals surface area (Å²) in [4.78, 5) is 24.5. The highest BCUT2D eigenvalue weighted by atomic mass is 32.2. The molecule has 124 valence electrons. The fourth-order valence-electron chi connectivity index (χ4n) is 2.18. The van der Waals surface area contributed by atoms with Crippen LogP contribution in [0.15, 0.2) is 40.6 Å². The van der Waals surface area contributed by atoms with Gasteiger partial charge in [-0.15, -0.1) is 11.3 Å². The second-order valence-electron chi connectivity index (χ2n) is 4.94. The Morgan fingerprint density at radius 3 is 2.75 bits per heavy atom. The Morgan fingerprint density at radius 1 is 1.21 bits per heavy atom. The highest BCUT2D eigenvalue weighted by Gasteiger charge is 2.25. The summed E-state index contributed by atoms with van der Waals surface area (Å²) in [6.07, 6.45) is 2.48. The Kier molecular flexibility index (Phi) is 5.22. The Bertz CT molecular complexity index is 784. The van der Waals surface area contributed by atoms with Crippen LogP contribution in [0.4, 0.5) is 4.79 Å². The lowest BCUT2D eigenvalue weighted by atomic mass is 10.2. The summed E-state index contributed by atoms with van der Waals surface area (Å²) in [6, 6.07) is 9.48. The number of benzene rings is 1. The van der Waals surface area contributed by atoms with Crippen LogP contribution < -0.4 is 14.8 Å². The van der Waals surface area contributed by atoms with Crippen LogP contribution in [0.25, 0.3) is 6.08 Å². The highest BCUT2D eigenvalue weighted by molar-refractivity contribution is 8.18. The molecule has 3 rings (SSSR count). The largest absolute Gasteiger partial charge is 0.493 e. The molecule has 0 saturated carbocycles. The fourth-order valence-corrected chi connectivity index (χ4v) is 3.56. The fraction of sp³-hybridized carbons (Fsp3) is 0.176. The van der Waals surface area contributed by atoms with Crippen molar-refractivity contribution in [2.24, 2.45) is 0 Å². The molecule has 1 aliphatic heterocycles. The van der Waals surface area contributed by atoms with E-state index >= 15 is 0 Å².